The van der Waals surface area contributed by atoms with Crippen molar-refractivity contribution in [2.45, 2.75) is 13.0 Å². The molecule has 21 heavy (non-hydrogen) atoms. The molecular weight excluding hydrogens is 270 g/mol. The van der Waals surface area contributed by atoms with Gasteiger partial charge in [0.15, 0.2) is 0 Å². The Kier molecular flexibility index (Phi) is 3.05. The summed E-state index contributed by atoms with van der Waals surface area (Å²) in [5, 5.41) is 0. The van der Waals surface area contributed by atoms with Crippen LogP contribution in [0.2, 0.25) is 0 Å². The highest BCUT2D eigenvalue weighted by atomic mass is 16.5. The molecule has 1 atom stereocenters. The SMILES string of the molecule is COC(=O)C1=CC(C)O/C1=C1\C(=O)N(C)c2ccccc21. The van der Waals surface area contributed by atoms with Gasteiger partial charge in [-0.3, -0.25) is 4.79 Å². The van der Waals surface area contributed by atoms with Gasteiger partial charge in [-0.1, -0.05) is 18.2 Å². The molecule has 108 valence electrons. The highest BCUT2D eigenvalue weighted by molar-refractivity contribution is 6.34. The molecule has 1 amide bonds. The van der Waals surface area contributed by atoms with Gasteiger partial charge in [0.25, 0.3) is 5.91 Å². The van der Waals surface area contributed by atoms with Crippen molar-refractivity contribution in [3.63, 3.8) is 0 Å². The summed E-state index contributed by atoms with van der Waals surface area (Å²) >= 11 is 0. The number of ether oxygens (including phenoxy) is 2. The van der Waals surface area contributed by atoms with Crippen LogP contribution in [-0.2, 0) is 19.1 Å². The number of anilines is 1. The zero-order valence-electron chi connectivity index (χ0n) is 12.0. The molecule has 5 nitrogen and oxygen atoms in total. The lowest BCUT2D eigenvalue weighted by Crippen LogP contribution is -2.21. The number of rotatable bonds is 1. The van der Waals surface area contributed by atoms with E-state index in [9.17, 15) is 9.59 Å². The fourth-order valence-electron chi connectivity index (χ4n) is 2.65. The van der Waals surface area contributed by atoms with Gasteiger partial charge in [0.2, 0.25) is 0 Å². The van der Waals surface area contributed by atoms with E-state index in [4.69, 9.17) is 9.47 Å². The maximum atomic E-state index is 12.5. The Morgan fingerprint density at radius 2 is 2.05 bits per heavy atom. The van der Waals surface area contributed by atoms with Crippen LogP contribution in [-0.4, -0.2) is 32.1 Å². The van der Waals surface area contributed by atoms with E-state index in [2.05, 4.69) is 0 Å². The highest BCUT2D eigenvalue weighted by Gasteiger charge is 2.38. The zero-order chi connectivity index (χ0) is 15.1. The second-order valence-electron chi connectivity index (χ2n) is 4.98. The van der Waals surface area contributed by atoms with Crippen LogP contribution >= 0.6 is 0 Å². The first-order valence-electron chi connectivity index (χ1n) is 6.63. The number of hydrogen-bond acceptors (Lipinski definition) is 4. The van der Waals surface area contributed by atoms with Gasteiger partial charge in [-0.05, 0) is 19.1 Å². The number of benzene rings is 1. The predicted octanol–water partition coefficient (Wildman–Crippen LogP) is 1.89. The number of amides is 1. The van der Waals surface area contributed by atoms with E-state index in [1.165, 1.54) is 7.11 Å². The summed E-state index contributed by atoms with van der Waals surface area (Å²) in [5.74, 6) is -0.382. The predicted molar refractivity (Wildman–Crippen MR) is 77.4 cm³/mol. The lowest BCUT2D eigenvalue weighted by molar-refractivity contribution is -0.135. The molecule has 0 fully saturated rings. The minimum atomic E-state index is -0.498. The third kappa shape index (κ3) is 1.93. The topological polar surface area (TPSA) is 55.8 Å². The van der Waals surface area contributed by atoms with E-state index in [-0.39, 0.29) is 12.0 Å². The number of methoxy groups -OCH3 is 1. The molecule has 0 spiro atoms. The van der Waals surface area contributed by atoms with Crippen molar-refractivity contribution < 1.29 is 19.1 Å². The summed E-state index contributed by atoms with van der Waals surface area (Å²) in [6.45, 7) is 1.81. The van der Waals surface area contributed by atoms with Gasteiger partial charge in [-0.2, -0.15) is 0 Å². The van der Waals surface area contributed by atoms with Gasteiger partial charge in [-0.25, -0.2) is 4.79 Å². The number of carbonyl (C=O) groups is 2. The molecule has 1 unspecified atom stereocenters. The number of nitrogens with zero attached hydrogens (tertiary/aromatic N) is 1. The third-order valence-corrected chi connectivity index (χ3v) is 3.64. The van der Waals surface area contributed by atoms with Crippen molar-refractivity contribution in [3.8, 4) is 0 Å². The van der Waals surface area contributed by atoms with E-state index >= 15 is 0 Å². The average Bonchev–Trinajstić information content (AvgIpc) is 2.98. The van der Waals surface area contributed by atoms with Crippen LogP contribution in [0.5, 0.6) is 0 Å². The van der Waals surface area contributed by atoms with Crippen LogP contribution < -0.4 is 4.90 Å². The Bertz CT molecular complexity index is 702. The number of fused-ring (bicyclic) bond motifs is 1. The number of esters is 1. The molecule has 0 saturated heterocycles. The fourth-order valence-corrected chi connectivity index (χ4v) is 2.65. The van der Waals surface area contributed by atoms with Gasteiger partial charge in [0.05, 0.1) is 18.4 Å². The molecule has 5 heteroatoms. The Morgan fingerprint density at radius 3 is 2.76 bits per heavy atom. The normalized spacial score (nSPS) is 23.8. The van der Waals surface area contributed by atoms with Crippen LogP contribution in [0.3, 0.4) is 0 Å². The van der Waals surface area contributed by atoms with Crippen LogP contribution in [0.15, 0.2) is 41.7 Å². The average molecular weight is 285 g/mol. The van der Waals surface area contributed by atoms with E-state index < -0.39 is 5.97 Å². The van der Waals surface area contributed by atoms with Crippen molar-refractivity contribution >= 4 is 23.1 Å². The summed E-state index contributed by atoms with van der Waals surface area (Å²) in [7, 11) is 3.01. The minimum absolute atomic E-state index is 0.185. The summed E-state index contributed by atoms with van der Waals surface area (Å²) < 4.78 is 10.5. The lowest BCUT2D eigenvalue weighted by atomic mass is 10.0. The summed E-state index contributed by atoms with van der Waals surface area (Å²) in [4.78, 5) is 26.0. The number of hydrogen-bond donors (Lipinski definition) is 0. The molecule has 2 aliphatic heterocycles. The Hall–Kier alpha value is -2.56. The maximum Gasteiger partial charge on any atom is 0.341 e. The van der Waals surface area contributed by atoms with Crippen molar-refractivity contribution in [2.24, 2.45) is 0 Å². The molecule has 0 bridgehead atoms. The molecular formula is C16H15NO4. The van der Waals surface area contributed by atoms with Crippen molar-refractivity contribution in [1.82, 2.24) is 0 Å². The van der Waals surface area contributed by atoms with Crippen LogP contribution in [0.4, 0.5) is 5.69 Å². The molecule has 1 aromatic rings. The molecule has 1 aromatic carbocycles. The summed E-state index contributed by atoms with van der Waals surface area (Å²) in [6.07, 6.45) is 1.40. The molecule has 3 rings (SSSR count). The van der Waals surface area contributed by atoms with Gasteiger partial charge < -0.3 is 14.4 Å². The Balaban J connectivity index is 2.21. The minimum Gasteiger partial charge on any atom is -0.485 e. The summed E-state index contributed by atoms with van der Waals surface area (Å²) in [6, 6.07) is 7.43. The standard InChI is InChI=1S/C16H15NO4/c1-9-8-11(16(19)20-3)14(21-9)13-10-6-4-5-7-12(10)17(2)15(13)18/h4-9H,1-3H3/b14-13-. The maximum absolute atomic E-state index is 12.5. The monoisotopic (exact) mass is 285 g/mol. The first kappa shape index (κ1) is 13.4. The van der Waals surface area contributed by atoms with Crippen molar-refractivity contribution in [1.29, 1.82) is 0 Å². The third-order valence-electron chi connectivity index (χ3n) is 3.64. The van der Waals surface area contributed by atoms with Gasteiger partial charge in [-0.15, -0.1) is 0 Å². The molecule has 0 saturated carbocycles. The molecule has 2 aliphatic rings. The summed E-state index contributed by atoms with van der Waals surface area (Å²) in [5.41, 5.74) is 2.29. The second kappa shape index (κ2) is 4.77. The zero-order valence-corrected chi connectivity index (χ0v) is 12.0. The number of para-hydroxylation sites is 1. The highest BCUT2D eigenvalue weighted by Crippen LogP contribution is 2.41. The van der Waals surface area contributed by atoms with E-state index in [0.717, 1.165) is 11.3 Å². The molecule has 2 heterocycles. The lowest BCUT2D eigenvalue weighted by Gasteiger charge is -2.10. The first-order valence-corrected chi connectivity index (χ1v) is 6.63. The largest absolute Gasteiger partial charge is 0.485 e. The Morgan fingerprint density at radius 1 is 1.33 bits per heavy atom. The van der Waals surface area contributed by atoms with Crippen LogP contribution in [0.25, 0.3) is 5.57 Å². The van der Waals surface area contributed by atoms with Crippen molar-refractivity contribution in [3.05, 3.63) is 47.2 Å². The Labute approximate surface area is 122 Å². The number of likely N-dealkylation sites (N-methyl/N-ethyl adjacent to an activating group) is 1. The smallest absolute Gasteiger partial charge is 0.341 e. The molecule has 0 aromatic heterocycles. The van der Waals surface area contributed by atoms with Gasteiger partial charge in [0, 0.05) is 12.6 Å². The van der Waals surface area contributed by atoms with Gasteiger partial charge >= 0.3 is 5.97 Å². The first-order chi connectivity index (χ1) is 10.0. The molecule has 0 aliphatic carbocycles. The van der Waals surface area contributed by atoms with Gasteiger partial charge in [0.1, 0.15) is 17.4 Å². The van der Waals surface area contributed by atoms with Crippen molar-refractivity contribution in [2.75, 3.05) is 19.1 Å². The van der Waals surface area contributed by atoms with E-state index in [1.807, 2.05) is 31.2 Å². The van der Waals surface area contributed by atoms with Crippen LogP contribution in [0.1, 0.15) is 12.5 Å². The van der Waals surface area contributed by atoms with E-state index in [1.54, 1.807) is 18.0 Å². The molecule has 0 radical (unpaired) electrons. The fraction of sp³-hybridized carbons (Fsp3) is 0.250. The van der Waals surface area contributed by atoms with E-state index in [0.29, 0.717) is 16.9 Å². The second-order valence-corrected chi connectivity index (χ2v) is 4.98. The number of carbonyl (C=O) groups excluding carboxylic acids is 2. The van der Waals surface area contributed by atoms with Crippen LogP contribution in [0, 0.1) is 0 Å². The molecule has 0 N–H and O–H groups in total. The quantitative estimate of drug-likeness (QED) is 0.584.